The predicted molar refractivity (Wildman–Crippen MR) is 115 cm³/mol. The SMILES string of the molecule is CCCCCN1C(=O)C(C)(C)c2cc3[nH]c(CNc4ccccc4)nc3cc21. The van der Waals surface area contributed by atoms with Gasteiger partial charge in [-0.1, -0.05) is 38.0 Å². The molecule has 2 aromatic carbocycles. The number of hydrogen-bond donors (Lipinski definition) is 2. The number of H-pyrrole nitrogens is 1. The highest BCUT2D eigenvalue weighted by Gasteiger charge is 2.43. The summed E-state index contributed by atoms with van der Waals surface area (Å²) in [5.41, 5.74) is 4.58. The van der Waals surface area contributed by atoms with Crippen LogP contribution < -0.4 is 10.2 Å². The van der Waals surface area contributed by atoms with Gasteiger partial charge >= 0.3 is 0 Å². The second-order valence-electron chi connectivity index (χ2n) is 8.08. The molecule has 1 amide bonds. The fourth-order valence-corrected chi connectivity index (χ4v) is 3.95. The Balaban J connectivity index is 1.62. The second kappa shape index (κ2) is 7.30. The Morgan fingerprint density at radius 3 is 2.68 bits per heavy atom. The van der Waals surface area contributed by atoms with Crippen molar-refractivity contribution in [1.29, 1.82) is 0 Å². The van der Waals surface area contributed by atoms with E-state index < -0.39 is 5.41 Å². The molecule has 0 atom stereocenters. The van der Waals surface area contributed by atoms with Crippen LogP contribution in [-0.2, 0) is 16.8 Å². The standard InChI is InChI=1S/C23H28N4O/c1-4-5-9-12-27-20-14-19-18(13-17(20)23(2,3)22(27)28)25-21(26-19)15-24-16-10-7-6-8-11-16/h6-8,10-11,13-14,24H,4-5,9,12,15H2,1-3H3,(H,25,26). The number of nitrogens with one attached hydrogen (secondary N) is 2. The van der Waals surface area contributed by atoms with Gasteiger partial charge in [-0.25, -0.2) is 4.98 Å². The molecule has 5 heteroatoms. The Bertz CT molecular complexity index is 991. The molecule has 2 N–H and O–H groups in total. The van der Waals surface area contributed by atoms with E-state index in [2.05, 4.69) is 29.4 Å². The normalized spacial score (nSPS) is 15.2. The average molecular weight is 377 g/mol. The molecule has 0 aliphatic carbocycles. The largest absolute Gasteiger partial charge is 0.378 e. The van der Waals surface area contributed by atoms with Crippen LogP contribution in [0.1, 0.15) is 51.4 Å². The van der Waals surface area contributed by atoms with Crippen LogP contribution in [0.2, 0.25) is 0 Å². The molecule has 146 valence electrons. The van der Waals surface area contributed by atoms with Crippen LogP contribution in [0.25, 0.3) is 11.0 Å². The number of rotatable bonds is 7. The summed E-state index contributed by atoms with van der Waals surface area (Å²) in [5.74, 6) is 1.08. The van der Waals surface area contributed by atoms with Crippen molar-refractivity contribution in [3.05, 3.63) is 53.9 Å². The monoisotopic (exact) mass is 376 g/mol. The van der Waals surface area contributed by atoms with Crippen LogP contribution in [-0.4, -0.2) is 22.4 Å². The van der Waals surface area contributed by atoms with Gasteiger partial charge < -0.3 is 15.2 Å². The Labute approximate surface area is 166 Å². The van der Waals surface area contributed by atoms with E-state index in [1.165, 1.54) is 0 Å². The van der Waals surface area contributed by atoms with Gasteiger partial charge in [0.15, 0.2) is 0 Å². The molecule has 0 unspecified atom stereocenters. The number of amides is 1. The molecule has 28 heavy (non-hydrogen) atoms. The molecular formula is C23H28N4O. The molecule has 0 spiro atoms. The van der Waals surface area contributed by atoms with Gasteiger partial charge in [-0.05, 0) is 50.1 Å². The van der Waals surface area contributed by atoms with Crippen LogP contribution in [0.15, 0.2) is 42.5 Å². The lowest BCUT2D eigenvalue weighted by Gasteiger charge is -2.20. The highest BCUT2D eigenvalue weighted by atomic mass is 16.2. The minimum atomic E-state index is -0.497. The summed E-state index contributed by atoms with van der Waals surface area (Å²) in [4.78, 5) is 23.1. The van der Waals surface area contributed by atoms with E-state index >= 15 is 0 Å². The molecule has 0 saturated carbocycles. The number of carbonyl (C=O) groups excluding carboxylic acids is 1. The molecular weight excluding hydrogens is 348 g/mol. The number of carbonyl (C=O) groups is 1. The zero-order valence-corrected chi connectivity index (χ0v) is 16.9. The first kappa shape index (κ1) is 18.5. The first-order valence-corrected chi connectivity index (χ1v) is 10.1. The lowest BCUT2D eigenvalue weighted by Crippen LogP contribution is -2.36. The highest BCUT2D eigenvalue weighted by Crippen LogP contribution is 2.43. The van der Waals surface area contributed by atoms with Gasteiger partial charge in [0.05, 0.1) is 28.7 Å². The molecule has 4 rings (SSSR count). The third kappa shape index (κ3) is 3.26. The van der Waals surface area contributed by atoms with E-state index in [1.54, 1.807) is 0 Å². The van der Waals surface area contributed by atoms with Gasteiger partial charge in [-0.3, -0.25) is 4.79 Å². The predicted octanol–water partition coefficient (Wildman–Crippen LogP) is 4.99. The minimum Gasteiger partial charge on any atom is -0.378 e. The van der Waals surface area contributed by atoms with Gasteiger partial charge in [0, 0.05) is 12.2 Å². The van der Waals surface area contributed by atoms with E-state index in [0.717, 1.165) is 59.6 Å². The number of para-hydroxylation sites is 1. The first-order chi connectivity index (χ1) is 13.5. The van der Waals surface area contributed by atoms with Crippen molar-refractivity contribution < 1.29 is 4.79 Å². The zero-order valence-electron chi connectivity index (χ0n) is 16.9. The van der Waals surface area contributed by atoms with Crippen molar-refractivity contribution >= 4 is 28.3 Å². The number of aromatic nitrogens is 2. The quantitative estimate of drug-likeness (QED) is 0.571. The summed E-state index contributed by atoms with van der Waals surface area (Å²) < 4.78 is 0. The van der Waals surface area contributed by atoms with Crippen molar-refractivity contribution in [1.82, 2.24) is 9.97 Å². The topological polar surface area (TPSA) is 61.0 Å². The number of nitrogens with zero attached hydrogens (tertiary/aromatic N) is 2. The van der Waals surface area contributed by atoms with Crippen LogP contribution in [0.4, 0.5) is 11.4 Å². The molecule has 0 radical (unpaired) electrons. The minimum absolute atomic E-state index is 0.192. The van der Waals surface area contributed by atoms with Crippen molar-refractivity contribution in [2.24, 2.45) is 0 Å². The lowest BCUT2D eigenvalue weighted by molar-refractivity contribution is -0.122. The van der Waals surface area contributed by atoms with E-state index in [9.17, 15) is 4.79 Å². The van der Waals surface area contributed by atoms with Crippen LogP contribution in [0, 0.1) is 0 Å². The Kier molecular flexibility index (Phi) is 4.84. The van der Waals surface area contributed by atoms with Crippen molar-refractivity contribution in [3.8, 4) is 0 Å². The number of hydrogen-bond acceptors (Lipinski definition) is 3. The number of imidazole rings is 1. The fraction of sp³-hybridized carbons (Fsp3) is 0.391. The summed E-state index contributed by atoms with van der Waals surface area (Å²) >= 11 is 0. The summed E-state index contributed by atoms with van der Waals surface area (Å²) in [5, 5.41) is 3.39. The van der Waals surface area contributed by atoms with Gasteiger partial charge in [0.2, 0.25) is 5.91 Å². The Hall–Kier alpha value is -2.82. The average Bonchev–Trinajstić information content (AvgIpc) is 3.18. The molecule has 1 aliphatic rings. The first-order valence-electron chi connectivity index (χ1n) is 10.1. The maximum Gasteiger partial charge on any atom is 0.237 e. The summed E-state index contributed by atoms with van der Waals surface area (Å²) in [6, 6.07) is 14.3. The molecule has 3 aromatic rings. The zero-order chi connectivity index (χ0) is 19.7. The third-order valence-electron chi connectivity index (χ3n) is 5.61. The molecule has 1 aliphatic heterocycles. The fourth-order valence-electron chi connectivity index (χ4n) is 3.95. The molecule has 0 saturated heterocycles. The summed E-state index contributed by atoms with van der Waals surface area (Å²) in [7, 11) is 0. The lowest BCUT2D eigenvalue weighted by atomic mass is 9.86. The maximum absolute atomic E-state index is 13.0. The molecule has 2 heterocycles. The van der Waals surface area contributed by atoms with Crippen molar-refractivity contribution in [2.45, 2.75) is 52.0 Å². The van der Waals surface area contributed by atoms with Crippen LogP contribution in [0.3, 0.4) is 0 Å². The van der Waals surface area contributed by atoms with E-state index in [4.69, 9.17) is 4.98 Å². The second-order valence-corrected chi connectivity index (χ2v) is 8.08. The number of anilines is 2. The van der Waals surface area contributed by atoms with Crippen molar-refractivity contribution in [3.63, 3.8) is 0 Å². The van der Waals surface area contributed by atoms with Gasteiger partial charge in [0.1, 0.15) is 5.82 Å². The molecule has 5 nitrogen and oxygen atoms in total. The number of aromatic amines is 1. The molecule has 0 bridgehead atoms. The van der Waals surface area contributed by atoms with E-state index in [1.807, 2.05) is 49.1 Å². The van der Waals surface area contributed by atoms with E-state index in [-0.39, 0.29) is 5.91 Å². The van der Waals surface area contributed by atoms with Gasteiger partial charge in [0.25, 0.3) is 0 Å². The van der Waals surface area contributed by atoms with Crippen LogP contribution in [0.5, 0.6) is 0 Å². The third-order valence-corrected chi connectivity index (χ3v) is 5.61. The summed E-state index contributed by atoms with van der Waals surface area (Å²) in [6.07, 6.45) is 3.32. The van der Waals surface area contributed by atoms with Gasteiger partial charge in [-0.2, -0.15) is 0 Å². The summed E-state index contributed by atoms with van der Waals surface area (Å²) in [6.45, 7) is 7.64. The Morgan fingerprint density at radius 2 is 1.93 bits per heavy atom. The van der Waals surface area contributed by atoms with Crippen molar-refractivity contribution in [2.75, 3.05) is 16.8 Å². The van der Waals surface area contributed by atoms with Gasteiger partial charge in [-0.15, -0.1) is 0 Å². The Morgan fingerprint density at radius 1 is 1.14 bits per heavy atom. The maximum atomic E-state index is 13.0. The number of benzene rings is 2. The van der Waals surface area contributed by atoms with E-state index in [0.29, 0.717) is 6.54 Å². The molecule has 0 fully saturated rings. The van der Waals surface area contributed by atoms with Crippen LogP contribution >= 0.6 is 0 Å². The number of fused-ring (bicyclic) bond motifs is 2. The molecule has 1 aromatic heterocycles. The highest BCUT2D eigenvalue weighted by molar-refractivity contribution is 6.09. The smallest absolute Gasteiger partial charge is 0.237 e. The number of unbranched alkanes of at least 4 members (excludes halogenated alkanes) is 2.